The van der Waals surface area contributed by atoms with Crippen molar-refractivity contribution < 1.29 is 14.5 Å². The number of hydrogen-bond acceptors (Lipinski definition) is 5. The van der Waals surface area contributed by atoms with Crippen molar-refractivity contribution in [2.24, 2.45) is 0 Å². The first-order valence-electron chi connectivity index (χ1n) is 3.52. The molecule has 0 atom stereocenters. The van der Waals surface area contributed by atoms with Gasteiger partial charge in [0, 0.05) is 6.07 Å². The molecule has 0 spiro atoms. The van der Waals surface area contributed by atoms with Gasteiger partial charge in [-0.3, -0.25) is 4.79 Å². The lowest BCUT2D eigenvalue weighted by Gasteiger charge is -1.99. The Hall–Kier alpha value is -2.18. The molecular formula is C7H6N2O5. The molecule has 0 radical (unpaired) electrons. The third kappa shape index (κ3) is 1.60. The highest BCUT2D eigenvalue weighted by Gasteiger charge is 2.23. The second-order valence-corrected chi connectivity index (χ2v) is 2.31. The number of nitrogens with zero attached hydrogens (tertiary/aromatic N) is 1. The van der Waals surface area contributed by atoms with E-state index in [2.05, 4.69) is 9.72 Å². The number of rotatable bonds is 2. The SMILES string of the molecule is COC(=O)c1c([N+](=O)[O-])[nH]ccc1=O. The number of H-pyrrole nitrogens is 1. The van der Waals surface area contributed by atoms with E-state index in [4.69, 9.17) is 0 Å². The van der Waals surface area contributed by atoms with Crippen LogP contribution >= 0.6 is 0 Å². The number of carbonyl (C=O) groups is 1. The minimum atomic E-state index is -1.03. The molecule has 0 saturated carbocycles. The highest BCUT2D eigenvalue weighted by atomic mass is 16.6. The first-order chi connectivity index (χ1) is 6.57. The largest absolute Gasteiger partial charge is 0.465 e. The van der Waals surface area contributed by atoms with Crippen molar-refractivity contribution in [3.8, 4) is 0 Å². The van der Waals surface area contributed by atoms with Crippen molar-refractivity contribution in [3.63, 3.8) is 0 Å². The molecule has 0 bridgehead atoms. The van der Waals surface area contributed by atoms with Gasteiger partial charge in [0.2, 0.25) is 5.43 Å². The van der Waals surface area contributed by atoms with Crippen molar-refractivity contribution in [1.29, 1.82) is 0 Å². The maximum Gasteiger partial charge on any atom is 0.350 e. The van der Waals surface area contributed by atoms with Crippen molar-refractivity contribution in [2.45, 2.75) is 0 Å². The Morgan fingerprint density at radius 2 is 2.29 bits per heavy atom. The highest BCUT2D eigenvalue weighted by molar-refractivity contribution is 5.92. The van der Waals surface area contributed by atoms with E-state index in [0.717, 1.165) is 19.4 Å². The summed E-state index contributed by atoms with van der Waals surface area (Å²) in [4.78, 5) is 33.9. The Morgan fingerprint density at radius 3 is 2.79 bits per heavy atom. The predicted octanol–water partition coefficient (Wildman–Crippen LogP) is 0.0697. The molecule has 0 amide bonds. The number of pyridine rings is 1. The normalized spacial score (nSPS) is 9.50. The third-order valence-electron chi connectivity index (χ3n) is 1.51. The second-order valence-electron chi connectivity index (χ2n) is 2.31. The minimum Gasteiger partial charge on any atom is -0.465 e. The molecule has 1 aromatic heterocycles. The average Bonchev–Trinajstić information content (AvgIpc) is 2.16. The zero-order chi connectivity index (χ0) is 10.7. The van der Waals surface area contributed by atoms with Crippen LogP contribution in [0.5, 0.6) is 0 Å². The van der Waals surface area contributed by atoms with E-state index in [1.807, 2.05) is 0 Å². The fraction of sp³-hybridized carbons (Fsp3) is 0.143. The molecule has 1 N–H and O–H groups in total. The monoisotopic (exact) mass is 198 g/mol. The quantitative estimate of drug-likeness (QED) is 0.411. The summed E-state index contributed by atoms with van der Waals surface area (Å²) in [6, 6.07) is 1.01. The molecule has 0 aliphatic rings. The summed E-state index contributed by atoms with van der Waals surface area (Å²) in [7, 11) is 1.04. The van der Waals surface area contributed by atoms with Crippen LogP contribution in [0.1, 0.15) is 10.4 Å². The topological polar surface area (TPSA) is 102 Å². The molecule has 0 fully saturated rings. The molecule has 74 valence electrons. The number of methoxy groups -OCH3 is 1. The van der Waals surface area contributed by atoms with Gasteiger partial charge in [-0.25, -0.2) is 9.78 Å². The Morgan fingerprint density at radius 1 is 1.64 bits per heavy atom. The first kappa shape index (κ1) is 9.90. The van der Waals surface area contributed by atoms with Crippen LogP contribution in [0.15, 0.2) is 17.1 Å². The minimum absolute atomic E-state index is 0.597. The number of nitro groups is 1. The number of aromatic amines is 1. The van der Waals surface area contributed by atoms with Crippen LogP contribution in [0.25, 0.3) is 0 Å². The van der Waals surface area contributed by atoms with Gasteiger partial charge in [0.25, 0.3) is 0 Å². The molecule has 0 unspecified atom stereocenters. The lowest BCUT2D eigenvalue weighted by Crippen LogP contribution is -2.18. The molecule has 7 nitrogen and oxygen atoms in total. The van der Waals surface area contributed by atoms with E-state index >= 15 is 0 Å². The van der Waals surface area contributed by atoms with Crippen molar-refractivity contribution in [2.75, 3.05) is 7.11 Å². The lowest BCUT2D eigenvalue weighted by atomic mass is 10.2. The smallest absolute Gasteiger partial charge is 0.350 e. The third-order valence-corrected chi connectivity index (χ3v) is 1.51. The maximum atomic E-state index is 11.1. The average molecular weight is 198 g/mol. The Bertz CT molecular complexity index is 436. The van der Waals surface area contributed by atoms with Crippen molar-refractivity contribution in [1.82, 2.24) is 4.98 Å². The molecule has 14 heavy (non-hydrogen) atoms. The Labute approximate surface area is 77.5 Å². The fourth-order valence-electron chi connectivity index (χ4n) is 0.912. The van der Waals surface area contributed by atoms with E-state index < -0.39 is 27.7 Å². The van der Waals surface area contributed by atoms with Crippen LogP contribution in [0.3, 0.4) is 0 Å². The van der Waals surface area contributed by atoms with Gasteiger partial charge < -0.3 is 14.9 Å². The number of esters is 1. The summed E-state index contributed by atoms with van der Waals surface area (Å²) in [5.74, 6) is -1.69. The van der Waals surface area contributed by atoms with Gasteiger partial charge in [-0.1, -0.05) is 0 Å². The summed E-state index contributed by atoms with van der Waals surface area (Å²) in [6.45, 7) is 0. The zero-order valence-electron chi connectivity index (χ0n) is 7.14. The van der Waals surface area contributed by atoms with Crippen molar-refractivity contribution in [3.05, 3.63) is 38.2 Å². The molecule has 0 aliphatic heterocycles. The molecule has 1 aromatic rings. The molecule has 0 aromatic carbocycles. The number of carbonyl (C=O) groups excluding carboxylic acids is 1. The summed E-state index contributed by atoms with van der Waals surface area (Å²) in [5.41, 5.74) is -1.35. The van der Waals surface area contributed by atoms with E-state index in [0.29, 0.717) is 0 Å². The second kappa shape index (κ2) is 3.69. The summed E-state index contributed by atoms with van der Waals surface area (Å²) in [6.07, 6.45) is 1.09. The van der Waals surface area contributed by atoms with Crippen molar-refractivity contribution >= 4 is 11.8 Å². The van der Waals surface area contributed by atoms with E-state index in [1.165, 1.54) is 0 Å². The maximum absolute atomic E-state index is 11.1. The van der Waals surface area contributed by atoms with E-state index in [9.17, 15) is 19.7 Å². The molecule has 1 rings (SSSR count). The van der Waals surface area contributed by atoms with Gasteiger partial charge in [-0.15, -0.1) is 0 Å². The van der Waals surface area contributed by atoms with E-state index in [-0.39, 0.29) is 0 Å². The van der Waals surface area contributed by atoms with Crippen LogP contribution in [0.4, 0.5) is 5.82 Å². The Balaban J connectivity index is 3.45. The molecule has 1 heterocycles. The standard InChI is InChI=1S/C7H6N2O5/c1-14-7(11)5-4(10)2-3-8-6(5)9(12)13/h2-3H,1H3,(H,8,10). The van der Waals surface area contributed by atoms with Gasteiger partial charge in [0.1, 0.15) is 0 Å². The molecule has 7 heteroatoms. The molecule has 0 aliphatic carbocycles. The summed E-state index contributed by atoms with van der Waals surface area (Å²) in [5, 5.41) is 10.4. The molecular weight excluding hydrogens is 192 g/mol. The first-order valence-corrected chi connectivity index (χ1v) is 3.52. The number of nitrogens with one attached hydrogen (secondary N) is 1. The zero-order valence-corrected chi connectivity index (χ0v) is 7.14. The van der Waals surface area contributed by atoms with Gasteiger partial charge in [-0.05, 0) is 4.92 Å². The summed E-state index contributed by atoms with van der Waals surface area (Å²) < 4.78 is 4.24. The number of hydrogen-bond donors (Lipinski definition) is 1. The van der Waals surface area contributed by atoms with Gasteiger partial charge in [-0.2, -0.15) is 0 Å². The predicted molar refractivity (Wildman–Crippen MR) is 45.1 cm³/mol. The molecule has 0 saturated heterocycles. The van der Waals surface area contributed by atoms with Crippen LogP contribution in [-0.4, -0.2) is 23.0 Å². The fourth-order valence-corrected chi connectivity index (χ4v) is 0.912. The van der Waals surface area contributed by atoms with E-state index in [1.54, 1.807) is 0 Å². The van der Waals surface area contributed by atoms with Gasteiger partial charge in [0.15, 0.2) is 5.56 Å². The van der Waals surface area contributed by atoms with Crippen LogP contribution in [0.2, 0.25) is 0 Å². The van der Waals surface area contributed by atoms with Gasteiger partial charge >= 0.3 is 11.8 Å². The van der Waals surface area contributed by atoms with Crippen LogP contribution < -0.4 is 5.43 Å². The highest BCUT2D eigenvalue weighted by Crippen LogP contribution is 2.10. The van der Waals surface area contributed by atoms with Gasteiger partial charge in [0.05, 0.1) is 13.3 Å². The number of aromatic nitrogens is 1. The Kier molecular flexibility index (Phi) is 2.61. The summed E-state index contributed by atoms with van der Waals surface area (Å²) >= 11 is 0. The van der Waals surface area contributed by atoms with Crippen LogP contribution in [-0.2, 0) is 4.74 Å². The van der Waals surface area contributed by atoms with Crippen LogP contribution in [0, 0.1) is 10.1 Å². The lowest BCUT2D eigenvalue weighted by molar-refractivity contribution is -0.390. The number of ether oxygens (including phenoxy) is 1.